The Morgan fingerprint density at radius 3 is 3.23 bits per heavy atom. The van der Waals surface area contributed by atoms with E-state index >= 15 is 0 Å². The van der Waals surface area contributed by atoms with Gasteiger partial charge in [0.05, 0.1) is 25.2 Å². The number of aromatic nitrogens is 6. The molecule has 4 aromatic rings. The summed E-state index contributed by atoms with van der Waals surface area (Å²) in [5.41, 5.74) is 2.05. The van der Waals surface area contributed by atoms with Crippen molar-refractivity contribution >= 4 is 11.3 Å². The van der Waals surface area contributed by atoms with Gasteiger partial charge in [-0.3, -0.25) is 4.68 Å². The fraction of sp³-hybridized carbons (Fsp3) is 0.294. The van der Waals surface area contributed by atoms with Crippen LogP contribution in [0.3, 0.4) is 0 Å². The van der Waals surface area contributed by atoms with Crippen molar-refractivity contribution in [2.75, 3.05) is 6.54 Å². The maximum atomic E-state index is 5.38. The normalized spacial score (nSPS) is 13.8. The van der Waals surface area contributed by atoms with Crippen molar-refractivity contribution in [3.63, 3.8) is 0 Å². The minimum absolute atomic E-state index is 0.504. The van der Waals surface area contributed by atoms with Gasteiger partial charge in [0.15, 0.2) is 11.6 Å². The third-order valence-corrected chi connectivity index (χ3v) is 5.22. The fourth-order valence-corrected chi connectivity index (χ4v) is 3.81. The molecule has 0 amide bonds. The highest BCUT2D eigenvalue weighted by molar-refractivity contribution is 7.09. The SMILES string of the molecule is c1csc(Cc2nc(Cn3ccnc3-c3cc4n(n3)CCNC4)no2)c1. The number of hydrogen-bond donors (Lipinski definition) is 1. The molecule has 0 saturated heterocycles. The van der Waals surface area contributed by atoms with E-state index in [1.807, 2.05) is 26.9 Å². The zero-order valence-electron chi connectivity index (χ0n) is 14.0. The van der Waals surface area contributed by atoms with Crippen LogP contribution in [0.15, 0.2) is 40.5 Å². The quantitative estimate of drug-likeness (QED) is 0.580. The first kappa shape index (κ1) is 15.5. The largest absolute Gasteiger partial charge is 0.339 e. The van der Waals surface area contributed by atoms with E-state index in [2.05, 4.69) is 37.7 Å². The Morgan fingerprint density at radius 1 is 1.35 bits per heavy atom. The second-order valence-electron chi connectivity index (χ2n) is 6.16. The number of nitrogens with one attached hydrogen (secondary N) is 1. The van der Waals surface area contributed by atoms with E-state index < -0.39 is 0 Å². The average Bonchev–Trinajstić information content (AvgIpc) is 3.42. The molecule has 0 bridgehead atoms. The Balaban J connectivity index is 1.36. The molecule has 0 radical (unpaired) electrons. The maximum Gasteiger partial charge on any atom is 0.231 e. The van der Waals surface area contributed by atoms with Crippen LogP contribution >= 0.6 is 11.3 Å². The minimum atomic E-state index is 0.504. The topological polar surface area (TPSA) is 86.6 Å². The highest BCUT2D eigenvalue weighted by Gasteiger charge is 2.17. The van der Waals surface area contributed by atoms with E-state index in [1.54, 1.807) is 17.5 Å². The molecule has 9 heteroatoms. The van der Waals surface area contributed by atoms with E-state index in [0.29, 0.717) is 24.7 Å². The molecule has 1 aliphatic heterocycles. The molecule has 0 atom stereocenters. The van der Waals surface area contributed by atoms with E-state index in [-0.39, 0.29) is 0 Å². The summed E-state index contributed by atoms with van der Waals surface area (Å²) in [5.74, 6) is 2.09. The van der Waals surface area contributed by atoms with Crippen molar-refractivity contribution in [2.24, 2.45) is 0 Å². The number of nitrogens with zero attached hydrogens (tertiary/aromatic N) is 6. The van der Waals surface area contributed by atoms with Gasteiger partial charge < -0.3 is 14.4 Å². The Labute approximate surface area is 153 Å². The predicted octanol–water partition coefficient (Wildman–Crippen LogP) is 1.93. The van der Waals surface area contributed by atoms with Gasteiger partial charge in [-0.1, -0.05) is 11.2 Å². The standard InChI is InChI=1S/C17H17N7OS/c1-2-13(26-7-1)9-16-20-15(22-25-16)11-23-5-4-19-17(23)14-8-12-10-18-3-6-24(12)21-14/h1-2,4-5,7-8,18H,3,6,9-11H2. The van der Waals surface area contributed by atoms with Gasteiger partial charge in [-0.25, -0.2) is 4.98 Å². The van der Waals surface area contributed by atoms with E-state index in [9.17, 15) is 0 Å². The van der Waals surface area contributed by atoms with Crippen molar-refractivity contribution in [3.8, 4) is 11.5 Å². The molecule has 26 heavy (non-hydrogen) atoms. The molecule has 0 spiro atoms. The number of imidazole rings is 1. The lowest BCUT2D eigenvalue weighted by Gasteiger charge is -2.13. The number of thiophene rings is 1. The van der Waals surface area contributed by atoms with Crippen LogP contribution in [0.25, 0.3) is 11.5 Å². The van der Waals surface area contributed by atoms with Gasteiger partial charge in [0.1, 0.15) is 5.69 Å². The molecule has 0 aromatic carbocycles. The summed E-state index contributed by atoms with van der Waals surface area (Å²) in [6, 6.07) is 6.18. The second-order valence-corrected chi connectivity index (χ2v) is 7.19. The lowest BCUT2D eigenvalue weighted by atomic mass is 10.3. The zero-order chi connectivity index (χ0) is 17.3. The third-order valence-electron chi connectivity index (χ3n) is 4.34. The summed E-state index contributed by atoms with van der Waals surface area (Å²) < 4.78 is 9.42. The third kappa shape index (κ3) is 2.95. The van der Waals surface area contributed by atoms with Crippen molar-refractivity contribution in [1.82, 2.24) is 34.8 Å². The summed E-state index contributed by atoms with van der Waals surface area (Å²) >= 11 is 1.69. The van der Waals surface area contributed by atoms with Gasteiger partial charge in [0.2, 0.25) is 5.89 Å². The Kier molecular flexibility index (Phi) is 3.87. The van der Waals surface area contributed by atoms with Crippen LogP contribution in [0.4, 0.5) is 0 Å². The van der Waals surface area contributed by atoms with Gasteiger partial charge in [0, 0.05) is 30.4 Å². The lowest BCUT2D eigenvalue weighted by Crippen LogP contribution is -2.28. The Hall–Kier alpha value is -2.78. The van der Waals surface area contributed by atoms with Gasteiger partial charge in [-0.2, -0.15) is 10.1 Å². The molecule has 5 rings (SSSR count). The first-order chi connectivity index (χ1) is 12.8. The van der Waals surface area contributed by atoms with Gasteiger partial charge in [-0.05, 0) is 17.5 Å². The first-order valence-electron chi connectivity index (χ1n) is 8.48. The average molecular weight is 367 g/mol. The molecule has 1 N–H and O–H groups in total. The van der Waals surface area contributed by atoms with Gasteiger partial charge >= 0.3 is 0 Å². The van der Waals surface area contributed by atoms with E-state index in [1.165, 1.54) is 10.6 Å². The van der Waals surface area contributed by atoms with Gasteiger partial charge in [-0.15, -0.1) is 11.3 Å². The molecular weight excluding hydrogens is 350 g/mol. The molecule has 5 heterocycles. The molecular formula is C17H17N7OS. The Morgan fingerprint density at radius 2 is 2.35 bits per heavy atom. The van der Waals surface area contributed by atoms with Crippen LogP contribution in [0, 0.1) is 0 Å². The van der Waals surface area contributed by atoms with Crippen molar-refractivity contribution in [1.29, 1.82) is 0 Å². The number of rotatable bonds is 5. The van der Waals surface area contributed by atoms with Crippen LogP contribution in [0.1, 0.15) is 22.3 Å². The predicted molar refractivity (Wildman–Crippen MR) is 95.7 cm³/mol. The molecule has 0 fully saturated rings. The van der Waals surface area contributed by atoms with Crippen molar-refractivity contribution < 1.29 is 4.52 Å². The zero-order valence-corrected chi connectivity index (χ0v) is 14.8. The maximum absolute atomic E-state index is 5.38. The van der Waals surface area contributed by atoms with Crippen molar-refractivity contribution in [2.45, 2.75) is 26.1 Å². The lowest BCUT2D eigenvalue weighted by molar-refractivity contribution is 0.379. The van der Waals surface area contributed by atoms with Crippen LogP contribution in [-0.2, 0) is 26.1 Å². The molecule has 8 nitrogen and oxygen atoms in total. The molecule has 0 saturated carbocycles. The van der Waals surface area contributed by atoms with Gasteiger partial charge in [0.25, 0.3) is 0 Å². The second kappa shape index (κ2) is 6.50. The summed E-state index contributed by atoms with van der Waals surface area (Å²) in [4.78, 5) is 10.2. The van der Waals surface area contributed by atoms with Crippen LogP contribution in [0.2, 0.25) is 0 Å². The number of fused-ring (bicyclic) bond motifs is 1. The van der Waals surface area contributed by atoms with E-state index in [0.717, 1.165) is 31.2 Å². The van der Waals surface area contributed by atoms with E-state index in [4.69, 9.17) is 4.52 Å². The molecule has 1 aliphatic rings. The minimum Gasteiger partial charge on any atom is -0.339 e. The summed E-state index contributed by atoms with van der Waals surface area (Å²) in [6.07, 6.45) is 4.36. The molecule has 132 valence electrons. The molecule has 0 aliphatic carbocycles. The molecule has 0 unspecified atom stereocenters. The highest BCUT2D eigenvalue weighted by Crippen LogP contribution is 2.20. The van der Waals surface area contributed by atoms with Crippen LogP contribution in [-0.4, -0.2) is 36.0 Å². The highest BCUT2D eigenvalue weighted by atomic mass is 32.1. The Bertz CT molecular complexity index is 990. The summed E-state index contributed by atoms with van der Waals surface area (Å²) in [6.45, 7) is 3.17. The smallest absolute Gasteiger partial charge is 0.231 e. The van der Waals surface area contributed by atoms with Crippen LogP contribution < -0.4 is 5.32 Å². The van der Waals surface area contributed by atoms with Crippen LogP contribution in [0.5, 0.6) is 0 Å². The molecule has 4 aromatic heterocycles. The summed E-state index contributed by atoms with van der Waals surface area (Å²) in [5, 5.41) is 14.2. The van der Waals surface area contributed by atoms with Crippen molar-refractivity contribution in [3.05, 3.63) is 58.3 Å². The number of hydrogen-bond acceptors (Lipinski definition) is 7. The first-order valence-corrected chi connectivity index (χ1v) is 9.36. The summed E-state index contributed by atoms with van der Waals surface area (Å²) in [7, 11) is 0. The fourth-order valence-electron chi connectivity index (χ4n) is 3.11. The monoisotopic (exact) mass is 367 g/mol.